The number of nitrogens with two attached hydrogens (primary N) is 1. The number of carbonyl (C=O) groups excluding carboxylic acids is 1. The van der Waals surface area contributed by atoms with Crippen LogP contribution in [-0.2, 0) is 4.79 Å². The van der Waals surface area contributed by atoms with Crippen LogP contribution in [-0.4, -0.2) is 42.5 Å². The minimum atomic E-state index is -0.467. The molecule has 2 fully saturated rings. The third-order valence-corrected chi connectivity index (χ3v) is 5.46. The molecule has 0 aromatic carbocycles. The van der Waals surface area contributed by atoms with Gasteiger partial charge >= 0.3 is 0 Å². The van der Waals surface area contributed by atoms with Gasteiger partial charge in [-0.15, -0.1) is 0 Å². The minimum Gasteiger partial charge on any atom is -0.368 e. The van der Waals surface area contributed by atoms with Gasteiger partial charge in [0.15, 0.2) is 0 Å². The highest BCUT2D eigenvalue weighted by Crippen LogP contribution is 2.38. The van der Waals surface area contributed by atoms with Crippen molar-refractivity contribution >= 4 is 5.91 Å². The number of nitrogens with one attached hydrogen (secondary N) is 1. The smallest absolute Gasteiger partial charge is 0.238 e. The number of hydrogen-bond donors (Lipinski definition) is 2. The largest absolute Gasteiger partial charge is 0.368 e. The third kappa shape index (κ3) is 3.98. The maximum atomic E-state index is 12.1. The first kappa shape index (κ1) is 16.8. The lowest BCUT2D eigenvalue weighted by atomic mass is 9.82. The summed E-state index contributed by atoms with van der Waals surface area (Å²) in [5.41, 5.74) is 5.31. The summed E-state index contributed by atoms with van der Waals surface area (Å²) in [4.78, 5) is 14.5. The first-order valence-corrected chi connectivity index (χ1v) is 8.70. The Labute approximate surface area is 129 Å². The van der Waals surface area contributed by atoms with Crippen molar-refractivity contribution < 1.29 is 4.79 Å². The summed E-state index contributed by atoms with van der Waals surface area (Å²) in [5.74, 6) is 1.15. The summed E-state index contributed by atoms with van der Waals surface area (Å²) in [6.07, 6.45) is 8.41. The monoisotopic (exact) mass is 295 g/mol. The van der Waals surface area contributed by atoms with Gasteiger partial charge in [0.1, 0.15) is 5.54 Å². The number of amides is 1. The molecule has 1 amide bonds. The van der Waals surface area contributed by atoms with E-state index in [1.54, 1.807) is 0 Å². The highest BCUT2D eigenvalue weighted by Gasteiger charge is 2.47. The van der Waals surface area contributed by atoms with E-state index in [2.05, 4.69) is 31.1 Å². The van der Waals surface area contributed by atoms with E-state index < -0.39 is 5.54 Å². The number of primary amides is 1. The normalized spacial score (nSPS) is 30.0. The van der Waals surface area contributed by atoms with Crippen LogP contribution in [0.4, 0.5) is 0 Å². The number of rotatable bonds is 8. The molecule has 0 aliphatic heterocycles. The molecule has 2 aliphatic carbocycles. The van der Waals surface area contributed by atoms with Crippen molar-refractivity contribution in [3.8, 4) is 0 Å². The van der Waals surface area contributed by atoms with Gasteiger partial charge in [-0.3, -0.25) is 4.79 Å². The van der Waals surface area contributed by atoms with Gasteiger partial charge in [0.2, 0.25) is 5.91 Å². The third-order valence-electron chi connectivity index (χ3n) is 5.46. The van der Waals surface area contributed by atoms with E-state index in [0.717, 1.165) is 38.1 Å². The van der Waals surface area contributed by atoms with Gasteiger partial charge in [0.05, 0.1) is 0 Å². The van der Waals surface area contributed by atoms with Crippen LogP contribution in [0.25, 0.3) is 0 Å². The van der Waals surface area contributed by atoms with E-state index in [-0.39, 0.29) is 5.91 Å². The average molecular weight is 295 g/mol. The molecule has 0 heterocycles. The molecule has 4 nitrogen and oxygen atoms in total. The Balaban J connectivity index is 1.88. The van der Waals surface area contributed by atoms with Crippen LogP contribution < -0.4 is 11.1 Å². The molecule has 2 aliphatic rings. The molecular formula is C17H33N3O. The molecule has 122 valence electrons. The van der Waals surface area contributed by atoms with E-state index in [1.807, 2.05) is 0 Å². The van der Waals surface area contributed by atoms with E-state index in [9.17, 15) is 4.79 Å². The van der Waals surface area contributed by atoms with Crippen molar-refractivity contribution in [3.05, 3.63) is 0 Å². The van der Waals surface area contributed by atoms with E-state index >= 15 is 0 Å². The van der Waals surface area contributed by atoms with Gasteiger partial charge in [-0.25, -0.2) is 0 Å². The highest BCUT2D eigenvalue weighted by molar-refractivity contribution is 5.85. The van der Waals surface area contributed by atoms with E-state index in [0.29, 0.717) is 12.0 Å². The fraction of sp³-hybridized carbons (Fsp3) is 0.941. The molecule has 21 heavy (non-hydrogen) atoms. The van der Waals surface area contributed by atoms with Crippen molar-refractivity contribution in [2.24, 2.45) is 17.6 Å². The Kier molecular flexibility index (Phi) is 5.67. The summed E-state index contributed by atoms with van der Waals surface area (Å²) >= 11 is 0. The Morgan fingerprint density at radius 2 is 2.05 bits per heavy atom. The molecule has 0 aromatic rings. The molecule has 2 atom stereocenters. The SMILES string of the molecule is CC(C)NC1(C(N)=O)CCCC1CCN(C)CC1CCC1. The molecule has 0 aromatic heterocycles. The minimum absolute atomic E-state index is 0.152. The van der Waals surface area contributed by atoms with Crippen LogP contribution in [0.5, 0.6) is 0 Å². The summed E-state index contributed by atoms with van der Waals surface area (Å²) in [5, 5.41) is 3.50. The van der Waals surface area contributed by atoms with Crippen LogP contribution in [0.3, 0.4) is 0 Å². The Morgan fingerprint density at radius 1 is 1.33 bits per heavy atom. The summed E-state index contributed by atoms with van der Waals surface area (Å²) in [6.45, 7) is 6.50. The average Bonchev–Trinajstić information content (AvgIpc) is 2.74. The van der Waals surface area contributed by atoms with Crippen molar-refractivity contribution in [3.63, 3.8) is 0 Å². The second kappa shape index (κ2) is 7.10. The van der Waals surface area contributed by atoms with Crippen molar-refractivity contribution in [1.82, 2.24) is 10.2 Å². The van der Waals surface area contributed by atoms with Crippen LogP contribution in [0.1, 0.15) is 58.8 Å². The molecular weight excluding hydrogens is 262 g/mol. The Bertz CT molecular complexity index is 354. The zero-order chi connectivity index (χ0) is 15.5. The Hall–Kier alpha value is -0.610. The maximum Gasteiger partial charge on any atom is 0.238 e. The second-order valence-corrected chi connectivity index (χ2v) is 7.57. The predicted octanol–water partition coefficient (Wildman–Crippen LogP) is 2.13. The molecule has 2 rings (SSSR count). The van der Waals surface area contributed by atoms with Crippen molar-refractivity contribution in [2.45, 2.75) is 70.4 Å². The lowest BCUT2D eigenvalue weighted by Crippen LogP contribution is -2.60. The highest BCUT2D eigenvalue weighted by atomic mass is 16.1. The quantitative estimate of drug-likeness (QED) is 0.721. The van der Waals surface area contributed by atoms with Crippen LogP contribution in [0.2, 0.25) is 0 Å². The second-order valence-electron chi connectivity index (χ2n) is 7.57. The number of hydrogen-bond acceptors (Lipinski definition) is 3. The lowest BCUT2D eigenvalue weighted by molar-refractivity contribution is -0.126. The molecule has 0 saturated heterocycles. The van der Waals surface area contributed by atoms with Gasteiger partial charge in [-0.05, 0) is 71.4 Å². The summed E-state index contributed by atoms with van der Waals surface area (Å²) < 4.78 is 0. The summed E-state index contributed by atoms with van der Waals surface area (Å²) in [7, 11) is 2.22. The zero-order valence-electron chi connectivity index (χ0n) is 14.0. The fourth-order valence-corrected chi connectivity index (χ4v) is 4.15. The molecule has 4 heteroatoms. The Morgan fingerprint density at radius 3 is 2.57 bits per heavy atom. The van der Waals surface area contributed by atoms with Crippen molar-refractivity contribution in [1.29, 1.82) is 0 Å². The van der Waals surface area contributed by atoms with Crippen LogP contribution in [0, 0.1) is 11.8 Å². The lowest BCUT2D eigenvalue weighted by Gasteiger charge is -2.37. The van der Waals surface area contributed by atoms with Crippen LogP contribution >= 0.6 is 0 Å². The first-order chi connectivity index (χ1) is 9.94. The molecule has 0 radical (unpaired) electrons. The van der Waals surface area contributed by atoms with Crippen LogP contribution in [0.15, 0.2) is 0 Å². The van der Waals surface area contributed by atoms with E-state index in [4.69, 9.17) is 5.73 Å². The zero-order valence-corrected chi connectivity index (χ0v) is 14.0. The molecule has 0 spiro atoms. The molecule has 0 bridgehead atoms. The molecule has 3 N–H and O–H groups in total. The fourth-order valence-electron chi connectivity index (χ4n) is 4.15. The first-order valence-electron chi connectivity index (χ1n) is 8.70. The van der Waals surface area contributed by atoms with Gasteiger partial charge in [-0.2, -0.15) is 0 Å². The van der Waals surface area contributed by atoms with E-state index in [1.165, 1.54) is 25.8 Å². The van der Waals surface area contributed by atoms with Gasteiger partial charge in [0, 0.05) is 12.6 Å². The topological polar surface area (TPSA) is 58.4 Å². The molecule has 2 saturated carbocycles. The number of nitrogens with zero attached hydrogens (tertiary/aromatic N) is 1. The molecule has 2 unspecified atom stereocenters. The van der Waals surface area contributed by atoms with Gasteiger partial charge in [0.25, 0.3) is 0 Å². The number of carbonyl (C=O) groups is 1. The van der Waals surface area contributed by atoms with Gasteiger partial charge < -0.3 is 16.0 Å². The van der Waals surface area contributed by atoms with Gasteiger partial charge in [-0.1, -0.05) is 12.8 Å². The summed E-state index contributed by atoms with van der Waals surface area (Å²) in [6, 6.07) is 0.297. The standard InChI is InChI=1S/C17H33N3O/c1-13(2)19-17(16(18)21)10-5-8-15(17)9-11-20(3)12-14-6-4-7-14/h13-15,19H,4-12H2,1-3H3,(H2,18,21). The predicted molar refractivity (Wildman–Crippen MR) is 87.0 cm³/mol. The van der Waals surface area contributed by atoms with Crippen molar-refractivity contribution in [2.75, 3.05) is 20.1 Å². The maximum absolute atomic E-state index is 12.1.